The van der Waals surface area contributed by atoms with Crippen LogP contribution in [0.5, 0.6) is 0 Å². The fourth-order valence-corrected chi connectivity index (χ4v) is 2.47. The van der Waals surface area contributed by atoms with Gasteiger partial charge in [-0.3, -0.25) is 14.6 Å². The number of hydrogen-bond donors (Lipinski definition) is 3. The number of benzene rings is 1. The summed E-state index contributed by atoms with van der Waals surface area (Å²) in [7, 11) is 0. The summed E-state index contributed by atoms with van der Waals surface area (Å²) < 4.78 is 0. The van der Waals surface area contributed by atoms with Crippen molar-refractivity contribution in [2.75, 3.05) is 5.32 Å². The molecule has 25 heavy (non-hydrogen) atoms. The number of amides is 1. The molecule has 0 aliphatic carbocycles. The van der Waals surface area contributed by atoms with Gasteiger partial charge in [0.25, 0.3) is 5.56 Å². The normalized spacial score (nSPS) is 11.7. The first-order valence-electron chi connectivity index (χ1n) is 7.87. The molecule has 0 unspecified atom stereocenters. The maximum absolute atomic E-state index is 12.3. The van der Waals surface area contributed by atoms with Crippen LogP contribution in [0.1, 0.15) is 5.56 Å². The molecule has 1 aromatic carbocycles. The van der Waals surface area contributed by atoms with E-state index in [0.29, 0.717) is 6.42 Å². The Labute approximate surface area is 144 Å². The molecule has 0 aliphatic heterocycles. The maximum atomic E-state index is 12.3. The smallest absolute Gasteiger partial charge is 0.271 e. The van der Waals surface area contributed by atoms with Crippen molar-refractivity contribution in [3.63, 3.8) is 0 Å². The summed E-state index contributed by atoms with van der Waals surface area (Å²) in [5.41, 5.74) is 8.38. The molecule has 0 radical (unpaired) electrons. The molecule has 0 aliphatic rings. The van der Waals surface area contributed by atoms with Crippen LogP contribution >= 0.6 is 0 Å². The Hall–Kier alpha value is -3.25. The van der Waals surface area contributed by atoms with Gasteiger partial charge in [-0.15, -0.1) is 0 Å². The Morgan fingerprint density at radius 3 is 2.56 bits per heavy atom. The monoisotopic (exact) mass is 334 g/mol. The number of carbonyl (C=O) groups excluding carboxylic acids is 1. The van der Waals surface area contributed by atoms with Gasteiger partial charge in [0, 0.05) is 24.2 Å². The van der Waals surface area contributed by atoms with Crippen molar-refractivity contribution < 1.29 is 4.79 Å². The van der Waals surface area contributed by atoms with Gasteiger partial charge in [0.05, 0.1) is 6.04 Å². The maximum Gasteiger partial charge on any atom is 0.271 e. The van der Waals surface area contributed by atoms with Crippen LogP contribution in [0.15, 0.2) is 71.9 Å². The molecule has 4 N–H and O–H groups in total. The SMILES string of the molecule is N[C@H](Cc1ccccc1)C(=O)Nc1cc(-c2ccncc2)c[nH]c1=O. The molecule has 1 atom stereocenters. The van der Waals surface area contributed by atoms with Gasteiger partial charge in [-0.1, -0.05) is 30.3 Å². The van der Waals surface area contributed by atoms with Crippen LogP contribution in [0.3, 0.4) is 0 Å². The third kappa shape index (κ3) is 4.19. The number of aromatic amines is 1. The van der Waals surface area contributed by atoms with Crippen molar-refractivity contribution in [3.05, 3.63) is 83.0 Å². The van der Waals surface area contributed by atoms with Crippen LogP contribution in [-0.2, 0) is 11.2 Å². The Bertz CT molecular complexity index is 907. The van der Waals surface area contributed by atoms with Gasteiger partial charge in [-0.05, 0) is 35.7 Å². The zero-order valence-corrected chi connectivity index (χ0v) is 13.5. The Balaban J connectivity index is 1.75. The number of hydrogen-bond acceptors (Lipinski definition) is 4. The molecule has 2 heterocycles. The minimum absolute atomic E-state index is 0.169. The zero-order chi connectivity index (χ0) is 17.6. The topological polar surface area (TPSA) is 101 Å². The van der Waals surface area contributed by atoms with Crippen molar-refractivity contribution >= 4 is 11.6 Å². The summed E-state index contributed by atoms with van der Waals surface area (Å²) in [5.74, 6) is -0.402. The second kappa shape index (κ2) is 7.55. The van der Waals surface area contributed by atoms with E-state index in [0.717, 1.165) is 16.7 Å². The summed E-state index contributed by atoms with van der Waals surface area (Å²) in [6.07, 6.45) is 5.31. The standard InChI is InChI=1S/C19H18N4O2/c20-16(10-13-4-2-1-3-5-13)18(24)23-17-11-15(12-22-19(17)25)14-6-8-21-9-7-14/h1-9,11-12,16H,10,20H2,(H,22,25)(H,23,24)/t16-/m1/s1. The fourth-order valence-electron chi connectivity index (χ4n) is 2.47. The highest BCUT2D eigenvalue weighted by atomic mass is 16.2. The summed E-state index contributed by atoms with van der Waals surface area (Å²) in [6, 6.07) is 14.0. The lowest BCUT2D eigenvalue weighted by Gasteiger charge is -2.12. The number of nitrogens with zero attached hydrogens (tertiary/aromatic N) is 1. The second-order valence-electron chi connectivity index (χ2n) is 5.65. The fraction of sp³-hybridized carbons (Fsp3) is 0.105. The first-order chi connectivity index (χ1) is 12.1. The lowest BCUT2D eigenvalue weighted by Crippen LogP contribution is -2.38. The predicted octanol–water partition coefficient (Wildman–Crippen LogP) is 1.95. The quantitative estimate of drug-likeness (QED) is 0.664. The number of aromatic nitrogens is 2. The Morgan fingerprint density at radius 2 is 1.84 bits per heavy atom. The molecule has 2 aromatic heterocycles. The molecule has 0 saturated heterocycles. The largest absolute Gasteiger partial charge is 0.327 e. The number of nitrogens with two attached hydrogens (primary N) is 1. The number of carbonyl (C=O) groups is 1. The van der Waals surface area contributed by atoms with Gasteiger partial charge in [-0.2, -0.15) is 0 Å². The van der Waals surface area contributed by atoms with Crippen LogP contribution in [0.25, 0.3) is 11.1 Å². The van der Waals surface area contributed by atoms with E-state index in [1.54, 1.807) is 24.7 Å². The van der Waals surface area contributed by atoms with E-state index in [1.165, 1.54) is 0 Å². The number of nitrogens with one attached hydrogen (secondary N) is 2. The van der Waals surface area contributed by atoms with E-state index < -0.39 is 11.9 Å². The molecular weight excluding hydrogens is 316 g/mol. The highest BCUT2D eigenvalue weighted by molar-refractivity contribution is 5.95. The molecule has 0 fully saturated rings. The second-order valence-corrected chi connectivity index (χ2v) is 5.65. The van der Waals surface area contributed by atoms with Crippen molar-refractivity contribution in [1.82, 2.24) is 9.97 Å². The molecule has 0 saturated carbocycles. The van der Waals surface area contributed by atoms with E-state index >= 15 is 0 Å². The van der Waals surface area contributed by atoms with Crippen molar-refractivity contribution in [1.29, 1.82) is 0 Å². The van der Waals surface area contributed by atoms with E-state index in [-0.39, 0.29) is 11.2 Å². The number of pyridine rings is 2. The molecule has 1 amide bonds. The zero-order valence-electron chi connectivity index (χ0n) is 13.5. The lowest BCUT2D eigenvalue weighted by atomic mass is 10.1. The highest BCUT2D eigenvalue weighted by Crippen LogP contribution is 2.18. The van der Waals surface area contributed by atoms with E-state index in [4.69, 9.17) is 5.73 Å². The van der Waals surface area contributed by atoms with Gasteiger partial charge in [0.15, 0.2) is 0 Å². The van der Waals surface area contributed by atoms with Crippen LogP contribution in [0.4, 0.5) is 5.69 Å². The average Bonchev–Trinajstić information content (AvgIpc) is 2.65. The summed E-state index contributed by atoms with van der Waals surface area (Å²) >= 11 is 0. The Morgan fingerprint density at radius 1 is 1.12 bits per heavy atom. The molecule has 6 heteroatoms. The van der Waals surface area contributed by atoms with Crippen molar-refractivity contribution in [3.8, 4) is 11.1 Å². The Kier molecular flexibility index (Phi) is 5.01. The molecule has 126 valence electrons. The third-order valence-electron chi connectivity index (χ3n) is 3.81. The van der Waals surface area contributed by atoms with Crippen LogP contribution in [0, 0.1) is 0 Å². The molecule has 3 rings (SSSR count). The van der Waals surface area contributed by atoms with Gasteiger partial charge in [0.1, 0.15) is 5.69 Å². The number of H-pyrrole nitrogens is 1. The summed E-state index contributed by atoms with van der Waals surface area (Å²) in [5, 5.41) is 2.62. The molecule has 0 bridgehead atoms. The van der Waals surface area contributed by atoms with E-state index in [1.807, 2.05) is 42.5 Å². The van der Waals surface area contributed by atoms with Gasteiger partial charge >= 0.3 is 0 Å². The van der Waals surface area contributed by atoms with Crippen LogP contribution in [-0.4, -0.2) is 21.9 Å². The minimum atomic E-state index is -0.744. The minimum Gasteiger partial charge on any atom is -0.327 e. The van der Waals surface area contributed by atoms with Crippen LogP contribution in [0.2, 0.25) is 0 Å². The number of anilines is 1. The average molecular weight is 334 g/mol. The van der Waals surface area contributed by atoms with Gasteiger partial charge in [0.2, 0.25) is 5.91 Å². The number of rotatable bonds is 5. The first kappa shape index (κ1) is 16.6. The predicted molar refractivity (Wildman–Crippen MR) is 97.0 cm³/mol. The third-order valence-corrected chi connectivity index (χ3v) is 3.81. The first-order valence-corrected chi connectivity index (χ1v) is 7.87. The van der Waals surface area contributed by atoms with Gasteiger partial charge in [-0.25, -0.2) is 0 Å². The molecule has 6 nitrogen and oxygen atoms in total. The van der Waals surface area contributed by atoms with E-state index in [9.17, 15) is 9.59 Å². The molecule has 0 spiro atoms. The van der Waals surface area contributed by atoms with Crippen molar-refractivity contribution in [2.45, 2.75) is 12.5 Å². The highest BCUT2D eigenvalue weighted by Gasteiger charge is 2.16. The van der Waals surface area contributed by atoms with E-state index in [2.05, 4.69) is 15.3 Å². The summed E-state index contributed by atoms with van der Waals surface area (Å²) in [6.45, 7) is 0. The molecule has 3 aromatic rings. The van der Waals surface area contributed by atoms with Gasteiger partial charge < -0.3 is 16.0 Å². The van der Waals surface area contributed by atoms with Crippen LogP contribution < -0.4 is 16.6 Å². The molecular formula is C19H18N4O2. The lowest BCUT2D eigenvalue weighted by molar-refractivity contribution is -0.117. The summed E-state index contributed by atoms with van der Waals surface area (Å²) in [4.78, 5) is 30.9. The van der Waals surface area contributed by atoms with Crippen molar-refractivity contribution in [2.24, 2.45) is 5.73 Å².